The van der Waals surface area contributed by atoms with Gasteiger partial charge >= 0.3 is 0 Å². The van der Waals surface area contributed by atoms with Crippen LogP contribution in [0.15, 0.2) is 65.9 Å². The van der Waals surface area contributed by atoms with Crippen molar-refractivity contribution >= 4 is 11.7 Å². The molecule has 0 aliphatic carbocycles. The molecule has 2 N–H and O–H groups in total. The van der Waals surface area contributed by atoms with E-state index in [9.17, 15) is 19.8 Å². The Bertz CT molecular complexity index is 874. The standard InChI is InChI=1S/C22H23NO5/c1-28-14-13-23-20(16-8-10-17(24)11-9-16)19(21(26)22(23)27)18(25)12-7-15-5-3-2-4-6-15/h2-6,8-11,20,24,26H,7,12-14H2,1H3. The molecule has 1 aliphatic rings. The number of carbonyl (C=O) groups is 2. The summed E-state index contributed by atoms with van der Waals surface area (Å²) in [6.07, 6.45) is 0.703. The number of benzene rings is 2. The number of hydrogen-bond donors (Lipinski definition) is 2. The molecule has 1 atom stereocenters. The number of ether oxygens (including phenoxy) is 1. The van der Waals surface area contributed by atoms with E-state index >= 15 is 0 Å². The molecule has 28 heavy (non-hydrogen) atoms. The molecule has 0 saturated carbocycles. The normalized spacial score (nSPS) is 16.7. The van der Waals surface area contributed by atoms with Crippen molar-refractivity contribution in [2.75, 3.05) is 20.3 Å². The molecule has 0 bridgehead atoms. The van der Waals surface area contributed by atoms with E-state index in [2.05, 4.69) is 0 Å². The van der Waals surface area contributed by atoms with Crippen LogP contribution in [0.5, 0.6) is 5.75 Å². The van der Waals surface area contributed by atoms with E-state index in [1.165, 1.54) is 24.1 Å². The summed E-state index contributed by atoms with van der Waals surface area (Å²) in [5, 5.41) is 20.0. The van der Waals surface area contributed by atoms with E-state index in [0.29, 0.717) is 12.0 Å². The number of ketones is 1. The smallest absolute Gasteiger partial charge is 0.290 e. The maximum Gasteiger partial charge on any atom is 0.290 e. The number of aromatic hydroxyl groups is 1. The molecule has 2 aromatic rings. The molecule has 1 aliphatic heterocycles. The zero-order chi connectivity index (χ0) is 20.1. The van der Waals surface area contributed by atoms with Crippen molar-refractivity contribution in [3.63, 3.8) is 0 Å². The third-order valence-electron chi connectivity index (χ3n) is 4.83. The molecule has 3 rings (SSSR count). The maximum absolute atomic E-state index is 13.0. The summed E-state index contributed by atoms with van der Waals surface area (Å²) in [5.41, 5.74) is 1.76. The monoisotopic (exact) mass is 381 g/mol. The molecule has 146 valence electrons. The SMILES string of the molecule is COCCN1C(=O)C(O)=C(C(=O)CCc2ccccc2)C1c1ccc(O)cc1. The minimum absolute atomic E-state index is 0.0849. The van der Waals surface area contributed by atoms with Gasteiger partial charge in [-0.1, -0.05) is 42.5 Å². The predicted octanol–water partition coefficient (Wildman–Crippen LogP) is 2.94. The fourth-order valence-corrected chi connectivity index (χ4v) is 3.40. The maximum atomic E-state index is 13.0. The summed E-state index contributed by atoms with van der Waals surface area (Å²) in [6.45, 7) is 0.513. The largest absolute Gasteiger partial charge is 0.508 e. The molecule has 1 heterocycles. The minimum atomic E-state index is -0.702. The molecule has 0 fully saturated rings. The van der Waals surface area contributed by atoms with Gasteiger partial charge in [0.1, 0.15) is 5.75 Å². The molecule has 1 amide bonds. The Morgan fingerprint density at radius 1 is 1.07 bits per heavy atom. The van der Waals surface area contributed by atoms with Crippen molar-refractivity contribution in [1.82, 2.24) is 4.90 Å². The summed E-state index contributed by atoms with van der Waals surface area (Å²) in [4.78, 5) is 27.0. The van der Waals surface area contributed by atoms with Gasteiger partial charge in [-0.05, 0) is 29.7 Å². The predicted molar refractivity (Wildman–Crippen MR) is 104 cm³/mol. The van der Waals surface area contributed by atoms with Crippen LogP contribution in [0.25, 0.3) is 0 Å². The van der Waals surface area contributed by atoms with Crippen molar-refractivity contribution in [2.24, 2.45) is 0 Å². The Balaban J connectivity index is 1.89. The van der Waals surface area contributed by atoms with Crippen LogP contribution >= 0.6 is 0 Å². The van der Waals surface area contributed by atoms with E-state index in [4.69, 9.17) is 4.74 Å². The van der Waals surface area contributed by atoms with Crippen LogP contribution in [-0.4, -0.2) is 47.1 Å². The first-order chi connectivity index (χ1) is 13.5. The highest BCUT2D eigenvalue weighted by Gasteiger charge is 2.42. The second-order valence-corrected chi connectivity index (χ2v) is 6.66. The summed E-state index contributed by atoms with van der Waals surface area (Å²) in [5.74, 6) is -1.28. The van der Waals surface area contributed by atoms with E-state index < -0.39 is 17.7 Å². The first-order valence-corrected chi connectivity index (χ1v) is 9.12. The van der Waals surface area contributed by atoms with Gasteiger partial charge in [-0.15, -0.1) is 0 Å². The number of hydrogen-bond acceptors (Lipinski definition) is 5. The Morgan fingerprint density at radius 3 is 2.39 bits per heavy atom. The Kier molecular flexibility index (Phi) is 6.11. The topological polar surface area (TPSA) is 87.1 Å². The van der Waals surface area contributed by atoms with E-state index in [1.807, 2.05) is 30.3 Å². The van der Waals surface area contributed by atoms with Gasteiger partial charge in [0.05, 0.1) is 18.2 Å². The molecular weight excluding hydrogens is 358 g/mol. The summed E-state index contributed by atoms with van der Waals surface area (Å²) < 4.78 is 5.07. The van der Waals surface area contributed by atoms with Gasteiger partial charge < -0.3 is 19.8 Å². The molecule has 0 saturated heterocycles. The molecule has 6 heteroatoms. The van der Waals surface area contributed by atoms with E-state index in [1.54, 1.807) is 12.1 Å². The number of amides is 1. The Hall–Kier alpha value is -3.12. The fraction of sp³-hybridized carbons (Fsp3) is 0.273. The molecular formula is C22H23NO5. The lowest BCUT2D eigenvalue weighted by Gasteiger charge is -2.26. The van der Waals surface area contributed by atoms with Gasteiger partial charge in [-0.25, -0.2) is 0 Å². The third-order valence-corrected chi connectivity index (χ3v) is 4.83. The van der Waals surface area contributed by atoms with Crippen LogP contribution in [0.2, 0.25) is 0 Å². The van der Waals surface area contributed by atoms with Crippen molar-refractivity contribution in [3.05, 3.63) is 77.1 Å². The summed E-state index contributed by atoms with van der Waals surface area (Å²) >= 11 is 0. The first-order valence-electron chi connectivity index (χ1n) is 9.12. The Morgan fingerprint density at radius 2 is 1.75 bits per heavy atom. The van der Waals surface area contributed by atoms with Gasteiger partial charge in [0.2, 0.25) is 0 Å². The number of phenols is 1. The zero-order valence-electron chi connectivity index (χ0n) is 15.7. The second-order valence-electron chi connectivity index (χ2n) is 6.66. The number of aryl methyl sites for hydroxylation is 1. The van der Waals surface area contributed by atoms with Crippen LogP contribution in [0, 0.1) is 0 Å². The molecule has 0 aromatic heterocycles. The number of nitrogens with zero attached hydrogens (tertiary/aromatic N) is 1. The van der Waals surface area contributed by atoms with Crippen LogP contribution in [0.4, 0.5) is 0 Å². The molecule has 1 unspecified atom stereocenters. The number of aliphatic hydroxyl groups excluding tert-OH is 1. The number of carbonyl (C=O) groups excluding carboxylic acids is 2. The van der Waals surface area contributed by atoms with E-state index in [-0.39, 0.29) is 36.7 Å². The van der Waals surface area contributed by atoms with Crippen LogP contribution < -0.4 is 0 Å². The summed E-state index contributed by atoms with van der Waals surface area (Å²) in [7, 11) is 1.52. The second kappa shape index (κ2) is 8.71. The lowest BCUT2D eigenvalue weighted by Crippen LogP contribution is -2.34. The quantitative estimate of drug-likeness (QED) is 0.734. The highest BCUT2D eigenvalue weighted by Crippen LogP contribution is 2.38. The molecule has 6 nitrogen and oxygen atoms in total. The van der Waals surface area contributed by atoms with Gasteiger partial charge in [0.25, 0.3) is 5.91 Å². The van der Waals surface area contributed by atoms with Crippen LogP contribution in [0.1, 0.15) is 23.6 Å². The van der Waals surface area contributed by atoms with Crippen molar-refractivity contribution in [2.45, 2.75) is 18.9 Å². The highest BCUT2D eigenvalue weighted by atomic mass is 16.5. The number of aliphatic hydroxyl groups is 1. The average Bonchev–Trinajstić information content (AvgIpc) is 2.96. The van der Waals surface area contributed by atoms with Gasteiger partial charge in [-0.2, -0.15) is 0 Å². The average molecular weight is 381 g/mol. The number of phenolic OH excluding ortho intramolecular Hbond substituents is 1. The van der Waals surface area contributed by atoms with Crippen LogP contribution in [-0.2, 0) is 20.7 Å². The lowest BCUT2D eigenvalue weighted by molar-refractivity contribution is -0.130. The van der Waals surface area contributed by atoms with Crippen molar-refractivity contribution in [3.8, 4) is 5.75 Å². The van der Waals surface area contributed by atoms with Crippen LogP contribution in [0.3, 0.4) is 0 Å². The van der Waals surface area contributed by atoms with E-state index in [0.717, 1.165) is 5.56 Å². The number of methoxy groups -OCH3 is 1. The van der Waals surface area contributed by atoms with Gasteiger partial charge in [-0.3, -0.25) is 9.59 Å². The molecule has 2 aromatic carbocycles. The highest BCUT2D eigenvalue weighted by molar-refractivity contribution is 6.09. The molecule has 0 radical (unpaired) electrons. The van der Waals surface area contributed by atoms with Gasteiger partial charge in [0.15, 0.2) is 11.5 Å². The van der Waals surface area contributed by atoms with Gasteiger partial charge in [0, 0.05) is 20.1 Å². The minimum Gasteiger partial charge on any atom is -0.508 e. The first kappa shape index (κ1) is 19.6. The fourth-order valence-electron chi connectivity index (χ4n) is 3.40. The lowest BCUT2D eigenvalue weighted by atomic mass is 9.93. The summed E-state index contributed by atoms with van der Waals surface area (Å²) in [6, 6.07) is 15.2. The number of Topliss-reactive ketones (excluding diaryl/α,β-unsaturated/α-hetero) is 1. The van der Waals surface area contributed by atoms with Crippen molar-refractivity contribution in [1.29, 1.82) is 0 Å². The Labute approximate surface area is 163 Å². The zero-order valence-corrected chi connectivity index (χ0v) is 15.7. The third kappa shape index (κ3) is 4.07. The van der Waals surface area contributed by atoms with Crippen molar-refractivity contribution < 1.29 is 24.5 Å². The number of rotatable bonds is 8. The molecule has 0 spiro atoms.